The molecule has 1 aliphatic rings. The van der Waals surface area contributed by atoms with Gasteiger partial charge in [0.25, 0.3) is 0 Å². The summed E-state index contributed by atoms with van der Waals surface area (Å²) < 4.78 is 16.7. The molecule has 0 atom stereocenters. The molecule has 1 fully saturated rings. The first-order valence-corrected chi connectivity index (χ1v) is 14.5. The zero-order valence-electron chi connectivity index (χ0n) is 22.9. The van der Waals surface area contributed by atoms with Crippen LogP contribution in [0.25, 0.3) is 11.3 Å². The van der Waals surface area contributed by atoms with E-state index in [9.17, 15) is 14.7 Å². The molecule has 4 aromatic rings. The second-order valence-corrected chi connectivity index (χ2v) is 10.9. The first-order valence-electron chi connectivity index (χ1n) is 13.4. The van der Waals surface area contributed by atoms with Crippen molar-refractivity contribution in [2.24, 2.45) is 0 Å². The van der Waals surface area contributed by atoms with Crippen molar-refractivity contribution < 1.29 is 28.7 Å². The van der Waals surface area contributed by atoms with Gasteiger partial charge >= 0.3 is 11.9 Å². The Balaban J connectivity index is 1.34. The number of nitrogens with one attached hydrogen (secondary N) is 1. The Kier molecular flexibility index (Phi) is 9.46. The zero-order chi connectivity index (χ0) is 30.5. The second kappa shape index (κ2) is 13.4. The molecule has 0 saturated heterocycles. The molecule has 1 heterocycles. The molecular weight excluding hydrogens is 615 g/mol. The van der Waals surface area contributed by atoms with Crippen LogP contribution in [-0.2, 0) is 16.1 Å². The third kappa shape index (κ3) is 7.44. The number of carboxylic acid groups (broad SMARTS) is 1. The average Bonchev–Trinajstić information content (AvgIpc) is 3.74. The van der Waals surface area contributed by atoms with Crippen LogP contribution in [0.4, 0.5) is 5.69 Å². The van der Waals surface area contributed by atoms with Gasteiger partial charge in [-0.25, -0.2) is 4.79 Å². The number of rotatable bonds is 10. The van der Waals surface area contributed by atoms with E-state index in [2.05, 4.69) is 22.3 Å². The van der Waals surface area contributed by atoms with E-state index in [1.54, 1.807) is 49.4 Å². The highest BCUT2D eigenvalue weighted by atomic mass is 35.5. The lowest BCUT2D eigenvalue weighted by Crippen LogP contribution is -2.17. The number of nitrogens with zero attached hydrogens (tertiary/aromatic N) is 1. The predicted molar refractivity (Wildman–Crippen MR) is 164 cm³/mol. The van der Waals surface area contributed by atoms with Gasteiger partial charge in [-0.05, 0) is 62.2 Å². The van der Waals surface area contributed by atoms with Gasteiger partial charge in [0, 0.05) is 34.4 Å². The van der Waals surface area contributed by atoms with Crippen LogP contribution in [0, 0.1) is 11.8 Å². The number of aromatic carboxylic acids is 1. The van der Waals surface area contributed by atoms with Gasteiger partial charge in [-0.3, -0.25) is 4.79 Å². The van der Waals surface area contributed by atoms with Crippen LogP contribution in [0.15, 0.2) is 59.1 Å². The van der Waals surface area contributed by atoms with Gasteiger partial charge in [0.1, 0.15) is 30.4 Å². The number of aromatic nitrogens is 1. The van der Waals surface area contributed by atoms with Crippen molar-refractivity contribution in [3.63, 3.8) is 0 Å². The monoisotopic (exact) mass is 638 g/mol. The highest BCUT2D eigenvalue weighted by molar-refractivity contribution is 6.39. The average molecular weight is 640 g/mol. The summed E-state index contributed by atoms with van der Waals surface area (Å²) in [5.41, 5.74) is 3.30. The summed E-state index contributed by atoms with van der Waals surface area (Å²) in [5, 5.41) is 17.9. The van der Waals surface area contributed by atoms with Gasteiger partial charge in [0.2, 0.25) is 0 Å². The Morgan fingerprint density at radius 1 is 1.05 bits per heavy atom. The third-order valence-electron chi connectivity index (χ3n) is 6.55. The molecule has 220 valence electrons. The largest absolute Gasteiger partial charge is 0.489 e. The Morgan fingerprint density at radius 2 is 1.81 bits per heavy atom. The number of benzene rings is 3. The van der Waals surface area contributed by atoms with Crippen molar-refractivity contribution in [3.05, 3.63) is 97.7 Å². The van der Waals surface area contributed by atoms with Gasteiger partial charge < -0.3 is 24.4 Å². The molecule has 43 heavy (non-hydrogen) atoms. The number of ether oxygens (including phenoxy) is 2. The summed E-state index contributed by atoms with van der Waals surface area (Å²) >= 11 is 19.4. The topological polar surface area (TPSA) is 111 Å². The SMILES string of the molecule is CCOC(=O)CNc1cc(C#Cc2ccc(OCc3c(-c4c(Cl)cccc4Cl)noc3C3CC3)cc2Cl)cc(C(=O)O)c1. The van der Waals surface area contributed by atoms with Gasteiger partial charge in [0.05, 0.1) is 32.8 Å². The fourth-order valence-corrected chi connectivity index (χ4v) is 5.14. The Bertz CT molecular complexity index is 1730. The maximum absolute atomic E-state index is 11.7. The van der Waals surface area contributed by atoms with Crippen molar-refractivity contribution >= 4 is 52.4 Å². The third-order valence-corrected chi connectivity index (χ3v) is 7.50. The lowest BCUT2D eigenvalue weighted by Gasteiger charge is -2.10. The standard InChI is InChI=1S/C32H25Cl3N2O6/c1-2-41-28(38)16-36-22-13-18(12-21(14-22)32(39)40)6-7-19-10-11-23(15-27(19)35)42-17-24-30(37-43-31(24)20-8-9-20)29-25(33)4-3-5-26(29)34/h3-5,10-15,20,36H,2,8-9,16-17H2,1H3,(H,39,40). The molecule has 1 aliphatic carbocycles. The summed E-state index contributed by atoms with van der Waals surface area (Å²) in [4.78, 5) is 23.3. The smallest absolute Gasteiger partial charge is 0.335 e. The lowest BCUT2D eigenvalue weighted by molar-refractivity contribution is -0.140. The molecule has 11 heteroatoms. The fourth-order valence-electron chi connectivity index (χ4n) is 4.34. The minimum atomic E-state index is -1.13. The second-order valence-electron chi connectivity index (χ2n) is 9.69. The number of carbonyl (C=O) groups is 2. The molecule has 0 spiro atoms. The molecule has 0 amide bonds. The normalized spacial score (nSPS) is 12.3. The number of carboxylic acids is 1. The van der Waals surface area contributed by atoms with Crippen LogP contribution in [0.3, 0.4) is 0 Å². The molecule has 1 aromatic heterocycles. The number of carbonyl (C=O) groups excluding carboxylic acids is 1. The Morgan fingerprint density at radius 3 is 2.49 bits per heavy atom. The van der Waals surface area contributed by atoms with Crippen LogP contribution in [0.2, 0.25) is 15.1 Å². The highest BCUT2D eigenvalue weighted by Crippen LogP contribution is 2.46. The quantitative estimate of drug-likeness (QED) is 0.133. The van der Waals surface area contributed by atoms with Crippen LogP contribution < -0.4 is 10.1 Å². The van der Waals surface area contributed by atoms with Crippen LogP contribution in [-0.4, -0.2) is 35.4 Å². The Labute approximate surface area is 262 Å². The molecule has 2 N–H and O–H groups in total. The van der Waals surface area contributed by atoms with Crippen molar-refractivity contribution in [1.29, 1.82) is 0 Å². The van der Waals surface area contributed by atoms with E-state index in [1.165, 1.54) is 12.1 Å². The maximum Gasteiger partial charge on any atom is 0.335 e. The number of hydrogen-bond acceptors (Lipinski definition) is 7. The summed E-state index contributed by atoms with van der Waals surface area (Å²) in [6.45, 7) is 2.01. The van der Waals surface area contributed by atoms with E-state index in [-0.39, 0.29) is 31.2 Å². The maximum atomic E-state index is 11.7. The first kappa shape index (κ1) is 30.3. The number of anilines is 1. The van der Waals surface area contributed by atoms with E-state index in [1.807, 2.05) is 0 Å². The summed E-state index contributed by atoms with van der Waals surface area (Å²) in [5.74, 6) is 5.89. The molecule has 8 nitrogen and oxygen atoms in total. The molecule has 5 rings (SSSR count). The van der Waals surface area contributed by atoms with Crippen molar-refractivity contribution in [2.75, 3.05) is 18.5 Å². The van der Waals surface area contributed by atoms with Gasteiger partial charge in [-0.1, -0.05) is 57.9 Å². The first-order chi connectivity index (χ1) is 20.7. The van der Waals surface area contributed by atoms with Crippen molar-refractivity contribution in [3.8, 4) is 28.8 Å². The highest BCUT2D eigenvalue weighted by Gasteiger charge is 2.33. The Hall–Kier alpha value is -4.16. The molecule has 0 unspecified atom stereocenters. The van der Waals surface area contributed by atoms with Gasteiger partial charge in [0.15, 0.2) is 0 Å². The molecule has 0 radical (unpaired) electrons. The molecule has 1 saturated carbocycles. The number of esters is 1. The van der Waals surface area contributed by atoms with E-state index in [0.29, 0.717) is 48.9 Å². The van der Waals surface area contributed by atoms with E-state index >= 15 is 0 Å². The fraction of sp³-hybridized carbons (Fsp3) is 0.219. The van der Waals surface area contributed by atoms with E-state index in [0.717, 1.165) is 24.2 Å². The minimum absolute atomic E-state index is 0.0183. The van der Waals surface area contributed by atoms with Gasteiger partial charge in [-0.2, -0.15) is 0 Å². The predicted octanol–water partition coefficient (Wildman–Crippen LogP) is 7.83. The summed E-state index contributed by atoms with van der Waals surface area (Å²) in [6, 6.07) is 14.9. The number of hydrogen-bond donors (Lipinski definition) is 2. The van der Waals surface area contributed by atoms with Crippen molar-refractivity contribution in [2.45, 2.75) is 32.3 Å². The molecule has 0 aliphatic heterocycles. The van der Waals surface area contributed by atoms with Crippen LogP contribution in [0.5, 0.6) is 5.75 Å². The summed E-state index contributed by atoms with van der Waals surface area (Å²) in [6.07, 6.45) is 2.02. The van der Waals surface area contributed by atoms with Crippen LogP contribution in [0.1, 0.15) is 58.5 Å². The van der Waals surface area contributed by atoms with E-state index < -0.39 is 11.9 Å². The molecule has 3 aromatic carbocycles. The van der Waals surface area contributed by atoms with Gasteiger partial charge in [-0.15, -0.1) is 0 Å². The van der Waals surface area contributed by atoms with Crippen LogP contribution >= 0.6 is 34.8 Å². The zero-order valence-corrected chi connectivity index (χ0v) is 25.1. The van der Waals surface area contributed by atoms with Crippen molar-refractivity contribution in [1.82, 2.24) is 5.16 Å². The lowest BCUT2D eigenvalue weighted by atomic mass is 10.0. The molecule has 0 bridgehead atoms. The minimum Gasteiger partial charge on any atom is -0.489 e. The molecular formula is C32H25Cl3N2O6. The number of halogens is 3. The van der Waals surface area contributed by atoms with E-state index in [4.69, 9.17) is 48.8 Å². The summed E-state index contributed by atoms with van der Waals surface area (Å²) in [7, 11) is 0.